The van der Waals surface area contributed by atoms with Gasteiger partial charge in [-0.05, 0) is 37.1 Å². The van der Waals surface area contributed by atoms with Gasteiger partial charge in [0.2, 0.25) is 0 Å². The van der Waals surface area contributed by atoms with Crippen LogP contribution in [-0.4, -0.2) is 24.3 Å². The van der Waals surface area contributed by atoms with Crippen LogP contribution in [0.1, 0.15) is 12.5 Å². The third-order valence-corrected chi connectivity index (χ3v) is 2.58. The number of nitrogens with two attached hydrogens (primary N) is 1. The van der Waals surface area contributed by atoms with E-state index in [0.717, 1.165) is 18.7 Å². The average Bonchev–Trinajstić information content (AvgIpc) is 2.47. The fourth-order valence-electron chi connectivity index (χ4n) is 2.00. The number of hydrogen-bond acceptors (Lipinski definition) is 3. The van der Waals surface area contributed by atoms with Crippen LogP contribution >= 0.6 is 0 Å². The lowest BCUT2D eigenvalue weighted by Crippen LogP contribution is -2.29. The van der Waals surface area contributed by atoms with Crippen molar-refractivity contribution in [2.24, 2.45) is 0 Å². The van der Waals surface area contributed by atoms with Gasteiger partial charge in [-0.15, -0.1) is 0 Å². The Kier molecular flexibility index (Phi) is 2.33. The predicted molar refractivity (Wildman–Crippen MR) is 58.5 cm³/mol. The average molecular weight is 192 g/mol. The number of nitrogen functional groups attached to an aromatic ring is 1. The molecule has 0 saturated heterocycles. The molecule has 3 nitrogen and oxygen atoms in total. The monoisotopic (exact) mass is 192 g/mol. The first-order chi connectivity index (χ1) is 6.66. The number of anilines is 2. The number of β-amino-alcohol motifs (C(OH)–C–C–N with tert-alkyl or cyclic N) is 1. The highest BCUT2D eigenvalue weighted by Gasteiger charge is 2.19. The van der Waals surface area contributed by atoms with Gasteiger partial charge in [0.15, 0.2) is 0 Å². The summed E-state index contributed by atoms with van der Waals surface area (Å²) in [7, 11) is 0. The predicted octanol–water partition coefficient (Wildman–Crippen LogP) is 1.01. The van der Waals surface area contributed by atoms with Gasteiger partial charge < -0.3 is 15.7 Å². The highest BCUT2D eigenvalue weighted by molar-refractivity contribution is 5.62. The van der Waals surface area contributed by atoms with Crippen LogP contribution in [0.15, 0.2) is 18.2 Å². The maximum Gasteiger partial charge on any atom is 0.0687 e. The van der Waals surface area contributed by atoms with Gasteiger partial charge in [0.05, 0.1) is 6.10 Å². The highest BCUT2D eigenvalue weighted by atomic mass is 16.3. The number of hydrogen-bond donors (Lipinski definition) is 2. The van der Waals surface area contributed by atoms with Gasteiger partial charge in [-0.1, -0.05) is 0 Å². The van der Waals surface area contributed by atoms with E-state index in [1.165, 1.54) is 11.3 Å². The summed E-state index contributed by atoms with van der Waals surface area (Å²) in [6.07, 6.45) is 0.756. The molecule has 2 rings (SSSR count). The molecule has 1 aliphatic rings. The number of nitrogens with zero attached hydrogens (tertiary/aromatic N) is 1. The van der Waals surface area contributed by atoms with Crippen molar-refractivity contribution in [3.8, 4) is 0 Å². The molecule has 1 aliphatic heterocycles. The van der Waals surface area contributed by atoms with E-state index in [4.69, 9.17) is 5.73 Å². The van der Waals surface area contributed by atoms with E-state index in [1.807, 2.05) is 25.1 Å². The Morgan fingerprint density at radius 2 is 2.36 bits per heavy atom. The third-order valence-electron chi connectivity index (χ3n) is 2.58. The molecule has 3 heteroatoms. The Bertz CT molecular complexity index is 336. The highest BCUT2D eigenvalue weighted by Crippen LogP contribution is 2.29. The lowest BCUT2D eigenvalue weighted by molar-refractivity contribution is 0.200. The number of fused-ring (bicyclic) bond motifs is 1. The van der Waals surface area contributed by atoms with Gasteiger partial charge in [-0.3, -0.25) is 0 Å². The quantitative estimate of drug-likeness (QED) is 0.688. The minimum atomic E-state index is -0.279. The Morgan fingerprint density at radius 1 is 1.57 bits per heavy atom. The molecule has 0 aliphatic carbocycles. The van der Waals surface area contributed by atoms with E-state index in [0.29, 0.717) is 6.54 Å². The summed E-state index contributed by atoms with van der Waals surface area (Å²) in [6, 6.07) is 5.98. The van der Waals surface area contributed by atoms with Gasteiger partial charge in [0, 0.05) is 24.5 Å². The normalized spacial score (nSPS) is 16.9. The molecule has 0 amide bonds. The van der Waals surface area contributed by atoms with Crippen LogP contribution in [-0.2, 0) is 6.42 Å². The molecular formula is C11H16N2O. The van der Waals surface area contributed by atoms with E-state index in [9.17, 15) is 5.11 Å². The lowest BCUT2D eigenvalue weighted by Gasteiger charge is -2.20. The van der Waals surface area contributed by atoms with Crippen LogP contribution in [0.4, 0.5) is 11.4 Å². The van der Waals surface area contributed by atoms with Gasteiger partial charge in [0.25, 0.3) is 0 Å². The summed E-state index contributed by atoms with van der Waals surface area (Å²) in [4.78, 5) is 2.21. The van der Waals surface area contributed by atoms with Crippen LogP contribution in [0, 0.1) is 0 Å². The number of rotatable bonds is 2. The third kappa shape index (κ3) is 1.68. The molecule has 1 atom stereocenters. The molecule has 14 heavy (non-hydrogen) atoms. The van der Waals surface area contributed by atoms with Crippen molar-refractivity contribution in [1.29, 1.82) is 0 Å². The first kappa shape index (κ1) is 9.34. The number of benzene rings is 1. The zero-order chi connectivity index (χ0) is 10.1. The standard InChI is InChI=1S/C11H16N2O/c1-8(14)7-13-5-4-9-6-10(12)2-3-11(9)13/h2-3,6,8,14H,4-5,7,12H2,1H3. The van der Waals surface area contributed by atoms with E-state index < -0.39 is 0 Å². The van der Waals surface area contributed by atoms with E-state index in [2.05, 4.69) is 4.90 Å². The molecule has 3 N–H and O–H groups in total. The fraction of sp³-hybridized carbons (Fsp3) is 0.455. The van der Waals surface area contributed by atoms with Crippen molar-refractivity contribution in [3.63, 3.8) is 0 Å². The largest absolute Gasteiger partial charge is 0.399 e. The molecule has 76 valence electrons. The molecule has 0 radical (unpaired) electrons. The molecule has 1 heterocycles. The van der Waals surface area contributed by atoms with Crippen LogP contribution in [0.2, 0.25) is 0 Å². The van der Waals surface area contributed by atoms with Crippen molar-refractivity contribution in [3.05, 3.63) is 23.8 Å². The zero-order valence-electron chi connectivity index (χ0n) is 8.40. The Morgan fingerprint density at radius 3 is 3.07 bits per heavy atom. The molecule has 1 aromatic carbocycles. The SMILES string of the molecule is CC(O)CN1CCc2cc(N)ccc21. The summed E-state index contributed by atoms with van der Waals surface area (Å²) in [5, 5.41) is 9.33. The number of aliphatic hydroxyl groups excluding tert-OH is 1. The maximum atomic E-state index is 9.33. The summed E-state index contributed by atoms with van der Waals surface area (Å²) in [5.41, 5.74) is 9.05. The lowest BCUT2D eigenvalue weighted by atomic mass is 10.1. The second-order valence-electron chi connectivity index (χ2n) is 3.93. The zero-order valence-corrected chi connectivity index (χ0v) is 8.40. The van der Waals surface area contributed by atoms with Crippen molar-refractivity contribution in [1.82, 2.24) is 0 Å². The van der Waals surface area contributed by atoms with Crippen LogP contribution in [0.25, 0.3) is 0 Å². The molecular weight excluding hydrogens is 176 g/mol. The summed E-state index contributed by atoms with van der Waals surface area (Å²) in [5.74, 6) is 0. The smallest absolute Gasteiger partial charge is 0.0687 e. The Balaban J connectivity index is 2.22. The molecule has 0 saturated carbocycles. The molecule has 0 spiro atoms. The van der Waals surface area contributed by atoms with Gasteiger partial charge >= 0.3 is 0 Å². The Hall–Kier alpha value is -1.22. The summed E-state index contributed by atoms with van der Waals surface area (Å²) >= 11 is 0. The topological polar surface area (TPSA) is 49.5 Å². The molecule has 1 unspecified atom stereocenters. The second-order valence-corrected chi connectivity index (χ2v) is 3.93. The maximum absolute atomic E-state index is 9.33. The van der Waals surface area contributed by atoms with E-state index in [-0.39, 0.29) is 6.10 Å². The fourth-order valence-corrected chi connectivity index (χ4v) is 2.00. The van der Waals surface area contributed by atoms with Crippen molar-refractivity contribution >= 4 is 11.4 Å². The van der Waals surface area contributed by atoms with Crippen molar-refractivity contribution in [2.75, 3.05) is 23.7 Å². The second kappa shape index (κ2) is 3.50. The van der Waals surface area contributed by atoms with E-state index >= 15 is 0 Å². The minimum absolute atomic E-state index is 0.279. The number of aliphatic hydroxyl groups is 1. The molecule has 0 fully saturated rings. The van der Waals surface area contributed by atoms with Gasteiger partial charge in [-0.2, -0.15) is 0 Å². The van der Waals surface area contributed by atoms with Gasteiger partial charge in [-0.25, -0.2) is 0 Å². The van der Waals surface area contributed by atoms with Gasteiger partial charge in [0.1, 0.15) is 0 Å². The molecule has 0 aromatic heterocycles. The van der Waals surface area contributed by atoms with Crippen molar-refractivity contribution < 1.29 is 5.11 Å². The van der Waals surface area contributed by atoms with Crippen LogP contribution in [0.3, 0.4) is 0 Å². The first-order valence-electron chi connectivity index (χ1n) is 4.98. The summed E-state index contributed by atoms with van der Waals surface area (Å²) in [6.45, 7) is 3.51. The summed E-state index contributed by atoms with van der Waals surface area (Å²) < 4.78 is 0. The Labute approximate surface area is 84.1 Å². The van der Waals surface area contributed by atoms with Crippen LogP contribution in [0.5, 0.6) is 0 Å². The minimum Gasteiger partial charge on any atom is -0.399 e. The van der Waals surface area contributed by atoms with Crippen LogP contribution < -0.4 is 10.6 Å². The molecule has 0 bridgehead atoms. The molecule has 1 aromatic rings. The first-order valence-corrected chi connectivity index (χ1v) is 4.98. The van der Waals surface area contributed by atoms with Crippen molar-refractivity contribution in [2.45, 2.75) is 19.4 Å². The van der Waals surface area contributed by atoms with E-state index in [1.54, 1.807) is 0 Å².